The lowest BCUT2D eigenvalue weighted by Gasteiger charge is -2.10. The van der Waals surface area contributed by atoms with E-state index in [9.17, 15) is 9.59 Å². The van der Waals surface area contributed by atoms with Crippen molar-refractivity contribution in [2.24, 2.45) is 0 Å². The first-order valence-electron chi connectivity index (χ1n) is 5.28. The van der Waals surface area contributed by atoms with Crippen molar-refractivity contribution in [2.75, 3.05) is 25.1 Å². The van der Waals surface area contributed by atoms with E-state index in [0.717, 1.165) is 24.5 Å². The Morgan fingerprint density at radius 2 is 2.27 bits per heavy atom. The largest absolute Gasteiger partial charge is 0.305 e. The third-order valence-electron chi connectivity index (χ3n) is 2.44. The highest BCUT2D eigenvalue weighted by molar-refractivity contribution is 7.99. The number of nitrogens with zero attached hydrogens (tertiary/aromatic N) is 1. The number of imide groups is 1. The van der Waals surface area contributed by atoms with Gasteiger partial charge in [0.15, 0.2) is 0 Å². The molecule has 0 spiro atoms. The molecule has 1 unspecified atom stereocenters. The summed E-state index contributed by atoms with van der Waals surface area (Å²) in [6.07, 6.45) is 1.36. The van der Waals surface area contributed by atoms with Crippen LogP contribution in [0.5, 0.6) is 0 Å². The summed E-state index contributed by atoms with van der Waals surface area (Å²) in [5, 5.41) is 3.13. The molecule has 1 N–H and O–H groups in total. The lowest BCUT2D eigenvalue weighted by molar-refractivity contribution is -0.137. The van der Waals surface area contributed by atoms with Crippen molar-refractivity contribution < 1.29 is 9.59 Å². The highest BCUT2D eigenvalue weighted by atomic mass is 32.2. The highest BCUT2D eigenvalue weighted by Crippen LogP contribution is 2.10. The maximum atomic E-state index is 11.5. The van der Waals surface area contributed by atoms with Crippen LogP contribution >= 0.6 is 11.8 Å². The Hall–Kier alpha value is -0.550. The molecule has 1 aliphatic heterocycles. The second kappa shape index (κ2) is 6.12. The smallest absolute Gasteiger partial charge is 0.246 e. The van der Waals surface area contributed by atoms with Gasteiger partial charge in [-0.1, -0.05) is 6.92 Å². The zero-order valence-electron chi connectivity index (χ0n) is 9.28. The number of rotatable bonds is 6. The molecule has 0 aromatic carbocycles. The lowest BCUT2D eigenvalue weighted by Crippen LogP contribution is -2.37. The van der Waals surface area contributed by atoms with E-state index in [-0.39, 0.29) is 17.9 Å². The topological polar surface area (TPSA) is 49.4 Å². The maximum absolute atomic E-state index is 11.5. The summed E-state index contributed by atoms with van der Waals surface area (Å²) in [6.45, 7) is 2.94. The van der Waals surface area contributed by atoms with Gasteiger partial charge in [-0.25, -0.2) is 0 Å². The van der Waals surface area contributed by atoms with E-state index in [1.54, 1.807) is 7.05 Å². The highest BCUT2D eigenvalue weighted by Gasteiger charge is 2.35. The van der Waals surface area contributed by atoms with Crippen LogP contribution in [0.3, 0.4) is 0 Å². The van der Waals surface area contributed by atoms with Crippen LogP contribution in [0.15, 0.2) is 0 Å². The zero-order valence-corrected chi connectivity index (χ0v) is 10.1. The quantitative estimate of drug-likeness (QED) is 0.532. The molecular weight excluding hydrogens is 212 g/mol. The SMILES string of the molecule is CCSCCCNC1CC(=O)N(C)C1=O. The molecule has 1 atom stereocenters. The molecule has 2 amide bonds. The first-order chi connectivity index (χ1) is 7.16. The summed E-state index contributed by atoms with van der Waals surface area (Å²) in [5.41, 5.74) is 0. The van der Waals surface area contributed by atoms with Gasteiger partial charge in [0.25, 0.3) is 0 Å². The van der Waals surface area contributed by atoms with Gasteiger partial charge in [0, 0.05) is 7.05 Å². The van der Waals surface area contributed by atoms with Crippen LogP contribution in [-0.4, -0.2) is 47.9 Å². The van der Waals surface area contributed by atoms with Crippen LogP contribution in [0.4, 0.5) is 0 Å². The summed E-state index contributed by atoms with van der Waals surface area (Å²) in [5.74, 6) is 2.06. The Bertz CT molecular complexity index is 246. The number of likely N-dealkylation sites (tertiary alicyclic amines) is 1. The molecule has 4 nitrogen and oxygen atoms in total. The molecule has 0 aromatic rings. The second-order valence-electron chi connectivity index (χ2n) is 3.55. The molecule has 1 aliphatic rings. The Morgan fingerprint density at radius 3 is 2.80 bits per heavy atom. The molecule has 0 radical (unpaired) electrons. The minimum Gasteiger partial charge on any atom is -0.305 e. The number of carbonyl (C=O) groups is 2. The molecule has 0 aliphatic carbocycles. The number of hydrogen-bond acceptors (Lipinski definition) is 4. The molecule has 1 rings (SSSR count). The van der Waals surface area contributed by atoms with Gasteiger partial charge in [-0.2, -0.15) is 11.8 Å². The van der Waals surface area contributed by atoms with E-state index < -0.39 is 0 Å². The predicted molar refractivity (Wildman–Crippen MR) is 61.8 cm³/mol. The predicted octanol–water partition coefficient (Wildman–Crippen LogP) is 0.476. The number of carbonyl (C=O) groups excluding carboxylic acids is 2. The summed E-state index contributed by atoms with van der Waals surface area (Å²) in [6, 6.07) is -0.283. The van der Waals surface area contributed by atoms with Gasteiger partial charge in [0.1, 0.15) is 0 Å². The van der Waals surface area contributed by atoms with Crippen molar-refractivity contribution >= 4 is 23.6 Å². The standard InChI is InChI=1S/C10H18N2O2S/c1-3-15-6-4-5-11-8-7-9(13)12(2)10(8)14/h8,11H,3-7H2,1-2H3. The number of amides is 2. The Kier molecular flexibility index (Phi) is 5.11. The average molecular weight is 230 g/mol. The van der Waals surface area contributed by atoms with E-state index in [0.29, 0.717) is 6.42 Å². The van der Waals surface area contributed by atoms with Crippen molar-refractivity contribution in [3.8, 4) is 0 Å². The first kappa shape index (κ1) is 12.5. The fourth-order valence-electron chi connectivity index (χ4n) is 1.51. The molecular formula is C10H18N2O2S. The van der Waals surface area contributed by atoms with E-state index >= 15 is 0 Å². The molecule has 1 saturated heterocycles. The van der Waals surface area contributed by atoms with E-state index in [4.69, 9.17) is 0 Å². The van der Waals surface area contributed by atoms with E-state index in [1.807, 2.05) is 11.8 Å². The number of thioether (sulfide) groups is 1. The van der Waals surface area contributed by atoms with Crippen molar-refractivity contribution in [3.05, 3.63) is 0 Å². The van der Waals surface area contributed by atoms with Crippen molar-refractivity contribution in [1.29, 1.82) is 0 Å². The van der Waals surface area contributed by atoms with Gasteiger partial charge in [0.05, 0.1) is 12.5 Å². The van der Waals surface area contributed by atoms with Crippen LogP contribution in [0.25, 0.3) is 0 Å². The van der Waals surface area contributed by atoms with Crippen LogP contribution in [-0.2, 0) is 9.59 Å². The summed E-state index contributed by atoms with van der Waals surface area (Å²) in [4.78, 5) is 23.9. The summed E-state index contributed by atoms with van der Waals surface area (Å²) < 4.78 is 0. The molecule has 0 saturated carbocycles. The van der Waals surface area contributed by atoms with Gasteiger partial charge < -0.3 is 5.32 Å². The molecule has 5 heteroatoms. The Balaban J connectivity index is 2.17. The van der Waals surface area contributed by atoms with Crippen LogP contribution in [0.1, 0.15) is 19.8 Å². The fourth-order valence-corrected chi connectivity index (χ4v) is 2.15. The van der Waals surface area contributed by atoms with Crippen LogP contribution in [0.2, 0.25) is 0 Å². The zero-order chi connectivity index (χ0) is 11.3. The third kappa shape index (κ3) is 3.50. The fraction of sp³-hybridized carbons (Fsp3) is 0.800. The minimum atomic E-state index is -0.283. The number of likely N-dealkylation sites (N-methyl/N-ethyl adjacent to an activating group) is 1. The van der Waals surface area contributed by atoms with Gasteiger partial charge in [0.2, 0.25) is 11.8 Å². The molecule has 0 bridgehead atoms. The minimum absolute atomic E-state index is 0.0829. The van der Waals surface area contributed by atoms with Gasteiger partial charge in [-0.3, -0.25) is 14.5 Å². The molecule has 1 heterocycles. The summed E-state index contributed by atoms with van der Waals surface area (Å²) >= 11 is 1.89. The average Bonchev–Trinajstić information content (AvgIpc) is 2.46. The molecule has 1 fully saturated rings. The third-order valence-corrected chi connectivity index (χ3v) is 3.43. The van der Waals surface area contributed by atoms with Crippen molar-refractivity contribution in [3.63, 3.8) is 0 Å². The van der Waals surface area contributed by atoms with E-state index in [1.165, 1.54) is 4.90 Å². The van der Waals surface area contributed by atoms with Gasteiger partial charge >= 0.3 is 0 Å². The first-order valence-corrected chi connectivity index (χ1v) is 6.43. The Morgan fingerprint density at radius 1 is 1.53 bits per heavy atom. The number of hydrogen-bond donors (Lipinski definition) is 1. The van der Waals surface area contributed by atoms with E-state index in [2.05, 4.69) is 12.2 Å². The summed E-state index contributed by atoms with van der Waals surface area (Å²) in [7, 11) is 1.54. The molecule has 86 valence electrons. The second-order valence-corrected chi connectivity index (χ2v) is 4.95. The lowest BCUT2D eigenvalue weighted by atomic mass is 10.2. The van der Waals surface area contributed by atoms with Crippen LogP contribution < -0.4 is 5.32 Å². The molecule has 15 heavy (non-hydrogen) atoms. The van der Waals surface area contributed by atoms with Crippen molar-refractivity contribution in [2.45, 2.75) is 25.8 Å². The van der Waals surface area contributed by atoms with Gasteiger partial charge in [-0.05, 0) is 24.5 Å². The Labute approximate surface area is 94.8 Å². The van der Waals surface area contributed by atoms with Gasteiger partial charge in [-0.15, -0.1) is 0 Å². The van der Waals surface area contributed by atoms with Crippen molar-refractivity contribution in [1.82, 2.24) is 10.2 Å². The monoisotopic (exact) mass is 230 g/mol. The normalized spacial score (nSPS) is 21.5. The maximum Gasteiger partial charge on any atom is 0.246 e. The van der Waals surface area contributed by atoms with Crippen LogP contribution in [0, 0.1) is 0 Å². The number of nitrogens with one attached hydrogen (secondary N) is 1. The molecule has 0 aromatic heterocycles.